The number of hydrogen-bond acceptors (Lipinski definition) is 3. The lowest BCUT2D eigenvalue weighted by molar-refractivity contribution is -0.124. The van der Waals surface area contributed by atoms with Gasteiger partial charge in [0.25, 0.3) is 0 Å². The maximum absolute atomic E-state index is 11.9. The van der Waals surface area contributed by atoms with E-state index in [1.807, 2.05) is 6.07 Å². The number of nitriles is 1. The summed E-state index contributed by atoms with van der Waals surface area (Å²) in [5, 5.41) is 12.6. The molecule has 0 spiro atoms. The first-order valence-corrected chi connectivity index (χ1v) is 7.13. The molecule has 0 saturated heterocycles. The fraction of sp³-hybridized carbons (Fsp3) is 0.176. The Morgan fingerprint density at radius 2 is 2.05 bits per heavy atom. The lowest BCUT2D eigenvalue weighted by atomic mass is 9.91. The van der Waals surface area contributed by atoms with Crippen molar-refractivity contribution in [2.45, 2.75) is 19.0 Å². The van der Waals surface area contributed by atoms with E-state index in [4.69, 9.17) is 22.6 Å². The second kappa shape index (κ2) is 6.61. The van der Waals surface area contributed by atoms with Gasteiger partial charge in [-0.3, -0.25) is 10.1 Å². The molecule has 0 radical (unpaired) electrons. The molecule has 0 aromatic heterocycles. The third-order valence-electron chi connectivity index (χ3n) is 3.60. The molecule has 0 bridgehead atoms. The first-order chi connectivity index (χ1) is 10.5. The van der Waals surface area contributed by atoms with E-state index in [-0.39, 0.29) is 0 Å². The Morgan fingerprint density at radius 3 is 2.68 bits per heavy atom. The molecule has 0 heterocycles. The summed E-state index contributed by atoms with van der Waals surface area (Å²) in [5.41, 5.74) is 6.70. The first-order valence-electron chi connectivity index (χ1n) is 6.76. The van der Waals surface area contributed by atoms with Crippen LogP contribution >= 0.6 is 11.6 Å². The van der Waals surface area contributed by atoms with Crippen molar-refractivity contribution in [3.05, 3.63) is 70.2 Å². The fourth-order valence-electron chi connectivity index (χ4n) is 2.16. The monoisotopic (exact) mass is 313 g/mol. The van der Waals surface area contributed by atoms with E-state index >= 15 is 0 Å². The van der Waals surface area contributed by atoms with Gasteiger partial charge in [-0.25, -0.2) is 0 Å². The summed E-state index contributed by atoms with van der Waals surface area (Å²) in [7, 11) is 0. The highest BCUT2D eigenvalue weighted by molar-refractivity contribution is 6.30. The van der Waals surface area contributed by atoms with Gasteiger partial charge in [0.1, 0.15) is 5.54 Å². The number of benzene rings is 2. The number of rotatable bonds is 5. The quantitative estimate of drug-likeness (QED) is 0.890. The highest BCUT2D eigenvalue weighted by Gasteiger charge is 2.32. The normalized spacial score (nSPS) is 13.1. The van der Waals surface area contributed by atoms with Gasteiger partial charge in [0.05, 0.1) is 11.6 Å². The van der Waals surface area contributed by atoms with Gasteiger partial charge in [0.2, 0.25) is 5.91 Å². The third kappa shape index (κ3) is 3.45. The molecule has 0 saturated carbocycles. The number of nitrogens with two attached hydrogens (primary N) is 1. The van der Waals surface area contributed by atoms with E-state index in [0.29, 0.717) is 22.7 Å². The molecule has 1 atom stereocenters. The van der Waals surface area contributed by atoms with E-state index in [1.54, 1.807) is 49.4 Å². The number of primary amides is 1. The predicted octanol–water partition coefficient (Wildman–Crippen LogP) is 2.70. The average molecular weight is 314 g/mol. The number of carbonyl (C=O) groups is 1. The minimum atomic E-state index is -1.05. The van der Waals surface area contributed by atoms with E-state index in [0.717, 1.165) is 5.56 Å². The minimum absolute atomic E-state index is 0.404. The molecule has 0 unspecified atom stereocenters. The molecule has 0 aliphatic carbocycles. The van der Waals surface area contributed by atoms with Crippen molar-refractivity contribution in [3.8, 4) is 6.07 Å². The van der Waals surface area contributed by atoms with Crippen LogP contribution in [0.2, 0.25) is 5.02 Å². The van der Waals surface area contributed by atoms with Crippen LogP contribution in [0.1, 0.15) is 23.6 Å². The number of halogens is 1. The molecule has 3 N–H and O–H groups in total. The van der Waals surface area contributed by atoms with Crippen LogP contribution in [-0.2, 0) is 16.9 Å². The van der Waals surface area contributed by atoms with Gasteiger partial charge in [-0.2, -0.15) is 5.26 Å². The molecule has 1 amide bonds. The molecule has 0 aliphatic rings. The molecular formula is C17H16ClN3O. The molecule has 4 nitrogen and oxygen atoms in total. The largest absolute Gasteiger partial charge is 0.368 e. The molecule has 2 aromatic carbocycles. The molecule has 5 heteroatoms. The molecule has 2 aromatic rings. The van der Waals surface area contributed by atoms with Gasteiger partial charge in [-0.15, -0.1) is 0 Å². The standard InChI is InChI=1S/C17H16ClN3O/c1-17(16(20)22,14-6-3-7-15(18)9-14)21-11-13-5-2-4-12(8-13)10-19/h2-9,21H,11H2,1H3,(H2,20,22)/t17-/m1/s1. The van der Waals surface area contributed by atoms with Crippen LogP contribution in [0.15, 0.2) is 48.5 Å². The number of amides is 1. The topological polar surface area (TPSA) is 78.9 Å². The van der Waals surface area contributed by atoms with Crippen molar-refractivity contribution in [3.63, 3.8) is 0 Å². The third-order valence-corrected chi connectivity index (χ3v) is 3.83. The number of nitrogens with one attached hydrogen (secondary N) is 1. The van der Waals surface area contributed by atoms with Crippen molar-refractivity contribution >= 4 is 17.5 Å². The van der Waals surface area contributed by atoms with Crippen molar-refractivity contribution in [2.75, 3.05) is 0 Å². The number of carbonyl (C=O) groups excluding carboxylic acids is 1. The number of nitrogens with zero attached hydrogens (tertiary/aromatic N) is 1. The van der Waals surface area contributed by atoms with Gasteiger partial charge >= 0.3 is 0 Å². The molecule has 0 fully saturated rings. The fourth-order valence-corrected chi connectivity index (χ4v) is 2.35. The summed E-state index contributed by atoms with van der Waals surface area (Å²) >= 11 is 6.00. The Hall–Kier alpha value is -2.35. The summed E-state index contributed by atoms with van der Waals surface area (Å²) in [6, 6.07) is 16.3. The SMILES string of the molecule is C[C@](NCc1cccc(C#N)c1)(C(N)=O)c1cccc(Cl)c1. The van der Waals surface area contributed by atoms with Crippen LogP contribution in [0.5, 0.6) is 0 Å². The van der Waals surface area contributed by atoms with E-state index in [1.165, 1.54) is 0 Å². The molecule has 2 rings (SSSR count). The van der Waals surface area contributed by atoms with E-state index < -0.39 is 11.4 Å². The van der Waals surface area contributed by atoms with Crippen LogP contribution in [0.25, 0.3) is 0 Å². The van der Waals surface area contributed by atoms with Crippen LogP contribution in [-0.4, -0.2) is 5.91 Å². The molecular weight excluding hydrogens is 298 g/mol. The Kier molecular flexibility index (Phi) is 4.81. The van der Waals surface area contributed by atoms with Gasteiger partial charge in [-0.05, 0) is 42.3 Å². The maximum atomic E-state index is 11.9. The summed E-state index contributed by atoms with van der Waals surface area (Å²) in [5.74, 6) is -0.494. The van der Waals surface area contributed by atoms with Gasteiger partial charge in [-0.1, -0.05) is 35.9 Å². The van der Waals surface area contributed by atoms with Crippen LogP contribution in [0, 0.1) is 11.3 Å². The minimum Gasteiger partial charge on any atom is -0.368 e. The molecule has 112 valence electrons. The summed E-state index contributed by atoms with van der Waals surface area (Å²) in [6.45, 7) is 2.12. The Morgan fingerprint density at radius 1 is 1.32 bits per heavy atom. The zero-order valence-corrected chi connectivity index (χ0v) is 12.9. The summed E-state index contributed by atoms with van der Waals surface area (Å²) in [6.07, 6.45) is 0. The second-order valence-electron chi connectivity index (χ2n) is 5.17. The van der Waals surface area contributed by atoms with Crippen molar-refractivity contribution in [1.29, 1.82) is 5.26 Å². The predicted molar refractivity (Wildman–Crippen MR) is 86.0 cm³/mol. The zero-order chi connectivity index (χ0) is 16.2. The van der Waals surface area contributed by atoms with Gasteiger partial charge in [0.15, 0.2) is 0 Å². The first kappa shape index (κ1) is 16.0. The van der Waals surface area contributed by atoms with Crippen molar-refractivity contribution in [1.82, 2.24) is 5.32 Å². The molecule has 22 heavy (non-hydrogen) atoms. The Labute approximate surface area is 134 Å². The lowest BCUT2D eigenvalue weighted by Crippen LogP contribution is -2.50. The molecule has 0 aliphatic heterocycles. The smallest absolute Gasteiger partial charge is 0.242 e. The maximum Gasteiger partial charge on any atom is 0.242 e. The lowest BCUT2D eigenvalue weighted by Gasteiger charge is -2.28. The zero-order valence-electron chi connectivity index (χ0n) is 12.1. The summed E-state index contributed by atoms with van der Waals surface area (Å²) < 4.78 is 0. The van der Waals surface area contributed by atoms with Gasteiger partial charge < -0.3 is 5.73 Å². The second-order valence-corrected chi connectivity index (χ2v) is 5.60. The summed E-state index contributed by atoms with van der Waals surface area (Å²) in [4.78, 5) is 11.9. The highest BCUT2D eigenvalue weighted by Crippen LogP contribution is 2.24. The van der Waals surface area contributed by atoms with Gasteiger partial charge in [0, 0.05) is 11.6 Å². The average Bonchev–Trinajstić information content (AvgIpc) is 2.52. The Balaban J connectivity index is 2.26. The Bertz CT molecular complexity index is 739. The van der Waals surface area contributed by atoms with Crippen LogP contribution in [0.3, 0.4) is 0 Å². The number of hydrogen-bond donors (Lipinski definition) is 2. The van der Waals surface area contributed by atoms with E-state index in [9.17, 15) is 4.79 Å². The van der Waals surface area contributed by atoms with Crippen molar-refractivity contribution in [2.24, 2.45) is 5.73 Å². The van der Waals surface area contributed by atoms with Crippen LogP contribution < -0.4 is 11.1 Å². The van der Waals surface area contributed by atoms with Crippen LogP contribution in [0.4, 0.5) is 0 Å². The van der Waals surface area contributed by atoms with E-state index in [2.05, 4.69) is 11.4 Å². The highest BCUT2D eigenvalue weighted by atomic mass is 35.5. The van der Waals surface area contributed by atoms with Crippen molar-refractivity contribution < 1.29 is 4.79 Å².